The number of carbonyl (C=O) groups excluding carboxylic acids is 1. The summed E-state index contributed by atoms with van der Waals surface area (Å²) < 4.78 is 0. The van der Waals surface area contributed by atoms with Crippen molar-refractivity contribution in [2.75, 3.05) is 18.9 Å². The molecule has 0 spiro atoms. The molecule has 0 aromatic heterocycles. The average molecular weight is 290 g/mol. The molecule has 2 rings (SSSR count). The Kier molecular flexibility index (Phi) is 4.57. The average Bonchev–Trinajstić information content (AvgIpc) is 3.22. The molecule has 1 aliphatic rings. The van der Waals surface area contributed by atoms with Crippen molar-refractivity contribution in [2.45, 2.75) is 45.1 Å². The summed E-state index contributed by atoms with van der Waals surface area (Å²) in [6, 6.07) is 7.73. The highest BCUT2D eigenvalue weighted by molar-refractivity contribution is 5.89. The van der Waals surface area contributed by atoms with Gasteiger partial charge in [-0.05, 0) is 41.9 Å². The van der Waals surface area contributed by atoms with Gasteiger partial charge in [-0.25, -0.2) is 4.79 Å². The van der Waals surface area contributed by atoms with Gasteiger partial charge in [0.1, 0.15) is 0 Å². The lowest BCUT2D eigenvalue weighted by atomic mass is 9.87. The summed E-state index contributed by atoms with van der Waals surface area (Å²) in [5.74, 6) is 0.381. The molecule has 0 radical (unpaired) electrons. The molecule has 4 heteroatoms. The van der Waals surface area contributed by atoms with E-state index >= 15 is 0 Å². The first-order chi connectivity index (χ1) is 9.77. The van der Waals surface area contributed by atoms with E-state index in [9.17, 15) is 9.90 Å². The van der Waals surface area contributed by atoms with Gasteiger partial charge in [-0.15, -0.1) is 0 Å². The topological polar surface area (TPSA) is 52.6 Å². The first-order valence-corrected chi connectivity index (χ1v) is 7.58. The third-order valence-corrected chi connectivity index (χ3v) is 3.98. The molecule has 116 valence electrons. The molecule has 1 fully saturated rings. The Labute approximate surface area is 127 Å². The Balaban J connectivity index is 1.89. The van der Waals surface area contributed by atoms with Crippen molar-refractivity contribution in [3.05, 3.63) is 29.8 Å². The van der Waals surface area contributed by atoms with E-state index in [0.29, 0.717) is 12.5 Å². The minimum Gasteiger partial charge on any atom is -0.391 e. The number of aliphatic hydroxyl groups is 1. The first kappa shape index (κ1) is 15.8. The zero-order chi connectivity index (χ0) is 15.6. The Bertz CT molecular complexity index is 487. The normalized spacial score (nSPS) is 16.4. The molecule has 21 heavy (non-hydrogen) atoms. The van der Waals surface area contributed by atoms with Crippen molar-refractivity contribution in [3.8, 4) is 0 Å². The van der Waals surface area contributed by atoms with Gasteiger partial charge >= 0.3 is 6.03 Å². The number of nitrogens with zero attached hydrogens (tertiary/aromatic N) is 1. The summed E-state index contributed by atoms with van der Waals surface area (Å²) in [6.07, 6.45) is 1.75. The number of amides is 2. The monoisotopic (exact) mass is 290 g/mol. The maximum Gasteiger partial charge on any atom is 0.321 e. The highest BCUT2D eigenvalue weighted by atomic mass is 16.3. The van der Waals surface area contributed by atoms with E-state index in [4.69, 9.17) is 0 Å². The number of anilines is 1. The third-order valence-electron chi connectivity index (χ3n) is 3.98. The van der Waals surface area contributed by atoms with Crippen LogP contribution in [0.4, 0.5) is 10.5 Å². The van der Waals surface area contributed by atoms with Crippen LogP contribution in [0, 0.1) is 5.92 Å². The van der Waals surface area contributed by atoms with Crippen LogP contribution in [0.2, 0.25) is 0 Å². The van der Waals surface area contributed by atoms with Gasteiger partial charge in [0.05, 0.1) is 6.10 Å². The lowest BCUT2D eigenvalue weighted by Crippen LogP contribution is -2.38. The maximum atomic E-state index is 12.1. The second kappa shape index (κ2) is 6.06. The van der Waals surface area contributed by atoms with Crippen LogP contribution in [-0.4, -0.2) is 35.7 Å². The van der Waals surface area contributed by atoms with Crippen molar-refractivity contribution in [2.24, 2.45) is 5.92 Å². The van der Waals surface area contributed by atoms with Crippen molar-refractivity contribution in [3.63, 3.8) is 0 Å². The number of rotatable bonds is 4. The number of aliphatic hydroxyl groups excluding tert-OH is 1. The molecule has 1 aromatic rings. The van der Waals surface area contributed by atoms with Gasteiger partial charge in [-0.1, -0.05) is 32.9 Å². The highest BCUT2D eigenvalue weighted by Crippen LogP contribution is 2.32. The summed E-state index contributed by atoms with van der Waals surface area (Å²) in [7, 11) is 1.71. The van der Waals surface area contributed by atoms with Gasteiger partial charge in [0.25, 0.3) is 0 Å². The number of hydrogen-bond acceptors (Lipinski definition) is 2. The SMILES string of the molecule is CN(CC(O)C1CC1)C(=O)Nc1ccc(C(C)(C)C)cc1. The second-order valence-electron chi connectivity index (χ2n) is 7.04. The number of benzene rings is 1. The molecule has 0 aliphatic heterocycles. The number of carbonyl (C=O) groups is 1. The molecule has 0 heterocycles. The van der Waals surface area contributed by atoms with Crippen molar-refractivity contribution >= 4 is 11.7 Å². The predicted molar refractivity (Wildman–Crippen MR) is 85.5 cm³/mol. The number of nitrogens with one attached hydrogen (secondary N) is 1. The summed E-state index contributed by atoms with van der Waals surface area (Å²) >= 11 is 0. The van der Waals surface area contributed by atoms with E-state index in [-0.39, 0.29) is 11.4 Å². The Morgan fingerprint density at radius 3 is 2.38 bits per heavy atom. The maximum absolute atomic E-state index is 12.1. The lowest BCUT2D eigenvalue weighted by Gasteiger charge is -2.22. The van der Waals surface area contributed by atoms with Gasteiger partial charge in [0.15, 0.2) is 0 Å². The smallest absolute Gasteiger partial charge is 0.321 e. The molecule has 0 saturated heterocycles. The zero-order valence-corrected chi connectivity index (χ0v) is 13.4. The fourth-order valence-electron chi connectivity index (χ4n) is 2.27. The summed E-state index contributed by atoms with van der Waals surface area (Å²) in [5.41, 5.74) is 2.12. The molecule has 1 aliphatic carbocycles. The quantitative estimate of drug-likeness (QED) is 0.894. The van der Waals surface area contributed by atoms with E-state index in [1.165, 1.54) is 5.56 Å². The molecule has 2 N–H and O–H groups in total. The Hall–Kier alpha value is -1.55. The van der Waals surface area contributed by atoms with E-state index in [2.05, 4.69) is 26.1 Å². The van der Waals surface area contributed by atoms with Crippen LogP contribution in [0.5, 0.6) is 0 Å². The van der Waals surface area contributed by atoms with Crippen molar-refractivity contribution in [1.82, 2.24) is 4.90 Å². The Morgan fingerprint density at radius 2 is 1.90 bits per heavy atom. The third kappa shape index (κ3) is 4.46. The van der Waals surface area contributed by atoms with Crippen molar-refractivity contribution in [1.29, 1.82) is 0 Å². The van der Waals surface area contributed by atoms with Crippen LogP contribution in [0.1, 0.15) is 39.2 Å². The summed E-state index contributed by atoms with van der Waals surface area (Å²) in [5, 5.41) is 12.7. The zero-order valence-electron chi connectivity index (χ0n) is 13.4. The van der Waals surface area contributed by atoms with Gasteiger partial charge in [0, 0.05) is 19.3 Å². The number of hydrogen-bond donors (Lipinski definition) is 2. The van der Waals surface area contributed by atoms with Gasteiger partial charge in [0.2, 0.25) is 0 Å². The summed E-state index contributed by atoms with van der Waals surface area (Å²) in [4.78, 5) is 13.6. The molecule has 1 unspecified atom stereocenters. The molecule has 0 bridgehead atoms. The van der Waals surface area contributed by atoms with E-state index in [0.717, 1.165) is 18.5 Å². The predicted octanol–water partition coefficient (Wildman–Crippen LogP) is 3.22. The van der Waals surface area contributed by atoms with E-state index < -0.39 is 6.10 Å². The van der Waals surface area contributed by atoms with Crippen LogP contribution < -0.4 is 5.32 Å². The largest absolute Gasteiger partial charge is 0.391 e. The van der Waals surface area contributed by atoms with E-state index in [1.807, 2.05) is 24.3 Å². The van der Waals surface area contributed by atoms with Crippen LogP contribution in [0.3, 0.4) is 0 Å². The second-order valence-corrected chi connectivity index (χ2v) is 7.04. The lowest BCUT2D eigenvalue weighted by molar-refractivity contribution is 0.117. The molecular weight excluding hydrogens is 264 g/mol. The van der Waals surface area contributed by atoms with E-state index in [1.54, 1.807) is 11.9 Å². The number of likely N-dealkylation sites (N-methyl/N-ethyl adjacent to an activating group) is 1. The van der Waals surface area contributed by atoms with Crippen LogP contribution >= 0.6 is 0 Å². The first-order valence-electron chi connectivity index (χ1n) is 7.58. The van der Waals surface area contributed by atoms with Gasteiger partial charge in [-0.2, -0.15) is 0 Å². The van der Waals surface area contributed by atoms with Crippen LogP contribution in [0.25, 0.3) is 0 Å². The molecule has 1 atom stereocenters. The summed E-state index contributed by atoms with van der Waals surface area (Å²) in [6.45, 7) is 6.87. The minimum atomic E-state index is -0.399. The van der Waals surface area contributed by atoms with Gasteiger partial charge in [-0.3, -0.25) is 0 Å². The molecule has 1 aromatic carbocycles. The molecule has 4 nitrogen and oxygen atoms in total. The number of urea groups is 1. The molecule has 2 amide bonds. The minimum absolute atomic E-state index is 0.105. The standard InChI is InChI=1S/C17H26N2O2/c1-17(2,3)13-7-9-14(10-8-13)18-16(21)19(4)11-15(20)12-5-6-12/h7-10,12,15,20H,5-6,11H2,1-4H3,(H,18,21). The molecular formula is C17H26N2O2. The van der Waals surface area contributed by atoms with Crippen LogP contribution in [0.15, 0.2) is 24.3 Å². The fraction of sp³-hybridized carbons (Fsp3) is 0.588. The molecule has 1 saturated carbocycles. The van der Waals surface area contributed by atoms with Crippen LogP contribution in [-0.2, 0) is 5.41 Å². The van der Waals surface area contributed by atoms with Gasteiger partial charge < -0.3 is 15.3 Å². The van der Waals surface area contributed by atoms with Crippen molar-refractivity contribution < 1.29 is 9.90 Å². The highest BCUT2D eigenvalue weighted by Gasteiger charge is 2.31. The Morgan fingerprint density at radius 1 is 1.33 bits per heavy atom. The fourth-order valence-corrected chi connectivity index (χ4v) is 2.27.